The third kappa shape index (κ3) is 3.29. The Morgan fingerprint density at radius 3 is 2.00 bits per heavy atom. The van der Waals surface area contributed by atoms with Crippen LogP contribution in [0.25, 0.3) is 0 Å². The van der Waals surface area contributed by atoms with Crippen LogP contribution in [0.2, 0.25) is 0 Å². The molecule has 0 aromatic carbocycles. The summed E-state index contributed by atoms with van der Waals surface area (Å²) in [7, 11) is 0. The first-order chi connectivity index (χ1) is 7.09. The molecule has 2 N–H and O–H groups in total. The fraction of sp³-hybridized carbons (Fsp3) is 0.800. The number of nitrogens with zero attached hydrogens (tertiary/aromatic N) is 5. The number of rotatable bonds is 1. The minimum Gasteiger partial charge on any atom is -0.379 e. The molecule has 1 aromatic heterocycles. The Bertz CT molecular complexity index is 390. The van der Waals surface area contributed by atoms with Gasteiger partial charge in [-0.25, -0.2) is 0 Å². The van der Waals surface area contributed by atoms with Crippen molar-refractivity contribution in [2.24, 2.45) is 10.2 Å². The molecule has 16 heavy (non-hydrogen) atoms. The third-order valence-corrected chi connectivity index (χ3v) is 1.67. The Balaban J connectivity index is 3.00. The highest BCUT2D eigenvalue weighted by molar-refractivity contribution is 5.49. The Morgan fingerprint density at radius 1 is 1.06 bits per heavy atom. The summed E-state index contributed by atoms with van der Waals surface area (Å²) in [6.07, 6.45) is 0. The Hall–Kier alpha value is -1.46. The first-order valence-corrected chi connectivity index (χ1v) is 5.26. The average Bonchev–Trinajstić information content (AvgIpc) is 2.41. The minimum absolute atomic E-state index is 0.205. The van der Waals surface area contributed by atoms with Crippen molar-refractivity contribution >= 4 is 11.6 Å². The molecule has 6 heteroatoms. The summed E-state index contributed by atoms with van der Waals surface area (Å²) in [5.41, 5.74) is 5.28. The van der Waals surface area contributed by atoms with E-state index in [4.69, 9.17) is 5.73 Å². The van der Waals surface area contributed by atoms with Gasteiger partial charge in [0.2, 0.25) is 5.82 Å². The Labute approximate surface area is 95.9 Å². The summed E-state index contributed by atoms with van der Waals surface area (Å²) < 4.78 is 0. The van der Waals surface area contributed by atoms with Crippen LogP contribution in [-0.2, 0) is 5.54 Å². The van der Waals surface area contributed by atoms with Crippen LogP contribution in [0.1, 0.15) is 41.5 Å². The highest BCUT2D eigenvalue weighted by Crippen LogP contribution is 2.22. The van der Waals surface area contributed by atoms with Crippen LogP contribution in [0, 0.1) is 0 Å². The monoisotopic (exact) mass is 224 g/mol. The second-order valence-corrected chi connectivity index (χ2v) is 5.74. The molecule has 0 radical (unpaired) electrons. The number of azo groups is 1. The fourth-order valence-corrected chi connectivity index (χ4v) is 0.879. The zero-order valence-corrected chi connectivity index (χ0v) is 10.8. The van der Waals surface area contributed by atoms with E-state index in [2.05, 4.69) is 20.4 Å². The first-order valence-electron chi connectivity index (χ1n) is 5.26. The molecule has 90 valence electrons. The molecule has 1 heterocycles. The topological polar surface area (TPSA) is 81.5 Å². The molecule has 0 atom stereocenters. The molecule has 1 aromatic rings. The van der Waals surface area contributed by atoms with Crippen LogP contribution in [0.4, 0.5) is 11.6 Å². The van der Waals surface area contributed by atoms with E-state index in [1.807, 2.05) is 41.5 Å². The molecule has 0 saturated heterocycles. The number of anilines is 1. The maximum absolute atomic E-state index is 5.72. The molecule has 1 rings (SSSR count). The van der Waals surface area contributed by atoms with Crippen LogP contribution >= 0.6 is 0 Å². The predicted octanol–water partition coefficient (Wildman–Crippen LogP) is 2.50. The maximum atomic E-state index is 5.72. The van der Waals surface area contributed by atoms with Gasteiger partial charge in [0.25, 0.3) is 0 Å². The zero-order chi connectivity index (χ0) is 12.6. The number of hydrogen-bond acceptors (Lipinski definition) is 5. The van der Waals surface area contributed by atoms with Crippen molar-refractivity contribution in [1.82, 2.24) is 15.0 Å². The van der Waals surface area contributed by atoms with Gasteiger partial charge in [-0.2, -0.15) is 9.91 Å². The summed E-state index contributed by atoms with van der Waals surface area (Å²) >= 11 is 0. The van der Waals surface area contributed by atoms with E-state index in [0.717, 1.165) is 0 Å². The summed E-state index contributed by atoms with van der Waals surface area (Å²) in [5, 5.41) is 16.4. The van der Waals surface area contributed by atoms with Crippen molar-refractivity contribution < 1.29 is 0 Å². The molecule has 0 fully saturated rings. The molecule has 0 aliphatic carbocycles. The smallest absolute Gasteiger partial charge is 0.239 e. The van der Waals surface area contributed by atoms with Gasteiger partial charge in [-0.1, -0.05) is 0 Å². The molecule has 0 aliphatic rings. The van der Waals surface area contributed by atoms with Crippen LogP contribution in [0.3, 0.4) is 0 Å². The molecule has 0 amide bonds. The van der Waals surface area contributed by atoms with Crippen molar-refractivity contribution in [3.63, 3.8) is 0 Å². The van der Waals surface area contributed by atoms with Crippen LogP contribution < -0.4 is 5.73 Å². The summed E-state index contributed by atoms with van der Waals surface area (Å²) in [4.78, 5) is 1.55. The third-order valence-electron chi connectivity index (χ3n) is 1.67. The average molecular weight is 224 g/mol. The lowest BCUT2D eigenvalue weighted by Crippen LogP contribution is -2.24. The van der Waals surface area contributed by atoms with Crippen molar-refractivity contribution in [1.29, 1.82) is 0 Å². The largest absolute Gasteiger partial charge is 0.379 e. The molecule has 0 saturated carbocycles. The van der Waals surface area contributed by atoms with Crippen LogP contribution in [0.15, 0.2) is 10.2 Å². The number of aromatic nitrogens is 3. The summed E-state index contributed by atoms with van der Waals surface area (Å²) in [5.74, 6) is 0.688. The molecule has 0 spiro atoms. The molecule has 6 nitrogen and oxygen atoms in total. The van der Waals surface area contributed by atoms with Gasteiger partial charge in [0.1, 0.15) is 0 Å². The van der Waals surface area contributed by atoms with E-state index in [1.54, 1.807) is 4.80 Å². The van der Waals surface area contributed by atoms with Gasteiger partial charge in [-0.15, -0.1) is 15.3 Å². The van der Waals surface area contributed by atoms with Crippen molar-refractivity contribution in [2.45, 2.75) is 52.6 Å². The SMILES string of the molecule is CC(C)(C)N=Nc1nn(C(C)(C)C)nc1N. The van der Waals surface area contributed by atoms with Gasteiger partial charge in [0, 0.05) is 0 Å². The van der Waals surface area contributed by atoms with Crippen LogP contribution in [0.5, 0.6) is 0 Å². The Kier molecular flexibility index (Phi) is 3.03. The molecule has 0 aliphatic heterocycles. The standard InChI is InChI=1S/C10H20N6/c1-9(2,3)15-12-8-7(11)13-16(14-8)10(4,5)6/h1-6H3,(H2,11,13). The summed E-state index contributed by atoms with van der Waals surface area (Å²) in [6.45, 7) is 11.9. The van der Waals surface area contributed by atoms with E-state index in [-0.39, 0.29) is 11.1 Å². The van der Waals surface area contributed by atoms with E-state index in [1.165, 1.54) is 0 Å². The van der Waals surface area contributed by atoms with Crippen molar-refractivity contribution in [3.05, 3.63) is 0 Å². The lowest BCUT2D eigenvalue weighted by molar-refractivity contribution is 0.313. The van der Waals surface area contributed by atoms with Crippen molar-refractivity contribution in [3.8, 4) is 0 Å². The number of hydrogen-bond donors (Lipinski definition) is 1. The van der Waals surface area contributed by atoms with Gasteiger partial charge in [-0.3, -0.25) is 0 Å². The molecular formula is C10H20N6. The zero-order valence-electron chi connectivity index (χ0n) is 10.8. The number of nitrogen functional groups attached to an aromatic ring is 1. The lowest BCUT2D eigenvalue weighted by atomic mass is 10.1. The first kappa shape index (κ1) is 12.6. The van der Waals surface area contributed by atoms with Gasteiger partial charge in [0.15, 0.2) is 5.82 Å². The highest BCUT2D eigenvalue weighted by atomic mass is 15.5. The van der Waals surface area contributed by atoms with E-state index >= 15 is 0 Å². The molecule has 0 unspecified atom stereocenters. The quantitative estimate of drug-likeness (QED) is 0.744. The van der Waals surface area contributed by atoms with E-state index < -0.39 is 0 Å². The second-order valence-electron chi connectivity index (χ2n) is 5.74. The normalized spacial score (nSPS) is 13.6. The van der Waals surface area contributed by atoms with Gasteiger partial charge < -0.3 is 5.73 Å². The highest BCUT2D eigenvalue weighted by Gasteiger charge is 2.19. The van der Waals surface area contributed by atoms with Crippen LogP contribution in [-0.4, -0.2) is 20.5 Å². The molecule has 0 bridgehead atoms. The van der Waals surface area contributed by atoms with Gasteiger partial charge >= 0.3 is 0 Å². The lowest BCUT2D eigenvalue weighted by Gasteiger charge is -2.16. The fourth-order valence-electron chi connectivity index (χ4n) is 0.879. The van der Waals surface area contributed by atoms with E-state index in [9.17, 15) is 0 Å². The minimum atomic E-state index is -0.238. The predicted molar refractivity (Wildman–Crippen MR) is 63.7 cm³/mol. The van der Waals surface area contributed by atoms with E-state index in [0.29, 0.717) is 11.6 Å². The number of nitrogens with two attached hydrogens (primary N) is 1. The van der Waals surface area contributed by atoms with Crippen molar-refractivity contribution in [2.75, 3.05) is 5.73 Å². The summed E-state index contributed by atoms with van der Waals surface area (Å²) in [6, 6.07) is 0. The Morgan fingerprint density at radius 2 is 1.62 bits per heavy atom. The van der Waals surface area contributed by atoms with Gasteiger partial charge in [0.05, 0.1) is 11.1 Å². The maximum Gasteiger partial charge on any atom is 0.239 e. The van der Waals surface area contributed by atoms with Gasteiger partial charge in [-0.05, 0) is 41.5 Å². The molecular weight excluding hydrogens is 204 g/mol. The second kappa shape index (κ2) is 3.84.